The highest BCUT2D eigenvalue weighted by atomic mass is 32.1. The summed E-state index contributed by atoms with van der Waals surface area (Å²) in [5.41, 5.74) is 3.72. The third-order valence-electron chi connectivity index (χ3n) is 7.15. The fourth-order valence-corrected chi connectivity index (χ4v) is 5.89. The molecule has 43 heavy (non-hydrogen) atoms. The highest BCUT2D eigenvalue weighted by molar-refractivity contribution is 7.07. The molecule has 1 aromatic heterocycles. The number of carbonyl (C=O) groups excluding carboxylic acids is 2. The van der Waals surface area contributed by atoms with Crippen LogP contribution >= 0.6 is 11.3 Å². The molecule has 5 rings (SSSR count). The summed E-state index contributed by atoms with van der Waals surface area (Å²) in [5.74, 6) is 0.386. The van der Waals surface area contributed by atoms with Gasteiger partial charge in [0, 0.05) is 0 Å². The number of carbonyl (C=O) groups is 2. The second-order valence-corrected chi connectivity index (χ2v) is 11.3. The Balaban J connectivity index is 1.48. The Labute approximate surface area is 253 Å². The Kier molecular flexibility index (Phi) is 8.73. The Bertz CT molecular complexity index is 1870. The van der Waals surface area contributed by atoms with Crippen LogP contribution in [0.3, 0.4) is 0 Å². The van der Waals surface area contributed by atoms with Gasteiger partial charge in [-0.3, -0.25) is 9.36 Å². The first-order valence-electron chi connectivity index (χ1n) is 14.0. The third kappa shape index (κ3) is 6.22. The van der Waals surface area contributed by atoms with Crippen molar-refractivity contribution in [2.75, 3.05) is 13.7 Å². The van der Waals surface area contributed by atoms with Crippen molar-refractivity contribution in [1.82, 2.24) is 4.57 Å². The maximum atomic E-state index is 13.9. The SMILES string of the molecule is CCOC(=O)C1=C(C)N=c2s/c(=C\c3ccc(OC(=O)c4ccc(OC)cc4)cc3)c(=O)n2[C@@H]1c1ccc(C(C)C)cc1. The van der Waals surface area contributed by atoms with Gasteiger partial charge in [0.25, 0.3) is 5.56 Å². The van der Waals surface area contributed by atoms with E-state index < -0.39 is 18.0 Å². The largest absolute Gasteiger partial charge is 0.497 e. The molecule has 8 nitrogen and oxygen atoms in total. The van der Waals surface area contributed by atoms with E-state index in [9.17, 15) is 14.4 Å². The molecule has 0 aliphatic carbocycles. The molecule has 0 saturated heterocycles. The monoisotopic (exact) mass is 596 g/mol. The van der Waals surface area contributed by atoms with Crippen molar-refractivity contribution in [3.8, 4) is 11.5 Å². The van der Waals surface area contributed by atoms with Crippen LogP contribution in [-0.4, -0.2) is 30.2 Å². The number of nitrogens with zero attached hydrogens (tertiary/aromatic N) is 2. The van der Waals surface area contributed by atoms with E-state index in [-0.39, 0.29) is 12.2 Å². The number of hydrogen-bond acceptors (Lipinski definition) is 8. The maximum absolute atomic E-state index is 13.9. The van der Waals surface area contributed by atoms with Gasteiger partial charge in [-0.1, -0.05) is 61.6 Å². The minimum absolute atomic E-state index is 0.213. The first-order chi connectivity index (χ1) is 20.7. The van der Waals surface area contributed by atoms with Crippen molar-refractivity contribution in [3.05, 3.63) is 126 Å². The van der Waals surface area contributed by atoms with Gasteiger partial charge in [0.15, 0.2) is 4.80 Å². The van der Waals surface area contributed by atoms with Crippen molar-refractivity contribution in [2.24, 2.45) is 4.99 Å². The molecule has 0 N–H and O–H groups in total. The van der Waals surface area contributed by atoms with Gasteiger partial charge in [-0.25, -0.2) is 14.6 Å². The summed E-state index contributed by atoms with van der Waals surface area (Å²) in [6.07, 6.45) is 1.77. The third-order valence-corrected chi connectivity index (χ3v) is 8.13. The molecule has 1 aliphatic rings. The minimum atomic E-state index is -0.668. The number of hydrogen-bond donors (Lipinski definition) is 0. The number of fused-ring (bicyclic) bond motifs is 1. The Morgan fingerprint density at radius 3 is 2.21 bits per heavy atom. The van der Waals surface area contributed by atoms with Crippen LogP contribution in [0, 0.1) is 0 Å². The van der Waals surface area contributed by atoms with Crippen LogP contribution in [0.1, 0.15) is 66.7 Å². The average molecular weight is 597 g/mol. The molecule has 3 aromatic carbocycles. The van der Waals surface area contributed by atoms with Gasteiger partial charge >= 0.3 is 11.9 Å². The zero-order valence-electron chi connectivity index (χ0n) is 24.6. The number of benzene rings is 3. The molecular weight excluding hydrogens is 564 g/mol. The van der Waals surface area contributed by atoms with E-state index in [0.717, 1.165) is 16.7 Å². The molecule has 1 atom stereocenters. The number of esters is 2. The highest BCUT2D eigenvalue weighted by Crippen LogP contribution is 2.31. The maximum Gasteiger partial charge on any atom is 0.343 e. The van der Waals surface area contributed by atoms with Crippen molar-refractivity contribution in [1.29, 1.82) is 0 Å². The molecule has 0 spiro atoms. The van der Waals surface area contributed by atoms with E-state index in [1.54, 1.807) is 80.1 Å². The van der Waals surface area contributed by atoms with Crippen LogP contribution in [0.25, 0.3) is 6.08 Å². The molecule has 0 radical (unpaired) electrons. The lowest BCUT2D eigenvalue weighted by Gasteiger charge is -2.25. The first kappa shape index (κ1) is 29.7. The molecule has 220 valence electrons. The number of aromatic nitrogens is 1. The normalized spacial score (nSPS) is 14.7. The second-order valence-electron chi connectivity index (χ2n) is 10.3. The summed E-state index contributed by atoms with van der Waals surface area (Å²) in [5, 5.41) is 0. The molecule has 0 amide bonds. The molecule has 9 heteroatoms. The van der Waals surface area contributed by atoms with E-state index in [0.29, 0.717) is 43.6 Å². The lowest BCUT2D eigenvalue weighted by atomic mass is 9.93. The zero-order chi connectivity index (χ0) is 30.7. The molecule has 4 aromatic rings. The lowest BCUT2D eigenvalue weighted by molar-refractivity contribution is -0.139. The van der Waals surface area contributed by atoms with Crippen molar-refractivity contribution >= 4 is 29.4 Å². The van der Waals surface area contributed by atoms with Crippen molar-refractivity contribution < 1.29 is 23.8 Å². The summed E-state index contributed by atoms with van der Waals surface area (Å²) in [6.45, 7) is 7.96. The van der Waals surface area contributed by atoms with Crippen LogP contribution in [0.4, 0.5) is 0 Å². The fraction of sp³-hybridized carbons (Fsp3) is 0.235. The smallest absolute Gasteiger partial charge is 0.343 e. The molecule has 0 unspecified atom stereocenters. The van der Waals surface area contributed by atoms with E-state index in [2.05, 4.69) is 18.8 Å². The number of allylic oxidation sites excluding steroid dienone is 1. The number of rotatable bonds is 8. The Morgan fingerprint density at radius 2 is 1.60 bits per heavy atom. The van der Waals surface area contributed by atoms with Gasteiger partial charge in [0.1, 0.15) is 11.5 Å². The van der Waals surface area contributed by atoms with Gasteiger partial charge in [-0.05, 0) is 78.9 Å². The van der Waals surface area contributed by atoms with Gasteiger partial charge in [0.2, 0.25) is 0 Å². The number of thiazole rings is 1. The van der Waals surface area contributed by atoms with E-state index in [1.165, 1.54) is 11.3 Å². The topological polar surface area (TPSA) is 96.2 Å². The first-order valence-corrected chi connectivity index (χ1v) is 14.8. The van der Waals surface area contributed by atoms with Crippen LogP contribution in [0.5, 0.6) is 11.5 Å². The Hall–Kier alpha value is -4.76. The van der Waals surface area contributed by atoms with Gasteiger partial charge in [-0.2, -0.15) is 0 Å². The zero-order valence-corrected chi connectivity index (χ0v) is 25.4. The van der Waals surface area contributed by atoms with Crippen molar-refractivity contribution in [3.63, 3.8) is 0 Å². The van der Waals surface area contributed by atoms with Crippen LogP contribution in [-0.2, 0) is 9.53 Å². The van der Waals surface area contributed by atoms with Gasteiger partial charge < -0.3 is 14.2 Å². The summed E-state index contributed by atoms with van der Waals surface area (Å²) in [4.78, 5) is 44.6. The lowest BCUT2D eigenvalue weighted by Crippen LogP contribution is -2.39. The quantitative estimate of drug-likeness (QED) is 0.206. The van der Waals surface area contributed by atoms with Gasteiger partial charge in [0.05, 0.1) is 41.1 Å². The summed E-state index contributed by atoms with van der Waals surface area (Å²) in [7, 11) is 1.56. The van der Waals surface area contributed by atoms with E-state index in [1.807, 2.05) is 24.3 Å². The second kappa shape index (κ2) is 12.6. The van der Waals surface area contributed by atoms with Crippen molar-refractivity contribution in [2.45, 2.75) is 39.7 Å². The molecular formula is C34H32N2O6S. The van der Waals surface area contributed by atoms with E-state index >= 15 is 0 Å². The predicted octanol–water partition coefficient (Wildman–Crippen LogP) is 5.15. The average Bonchev–Trinajstić information content (AvgIpc) is 3.31. The predicted molar refractivity (Wildman–Crippen MR) is 165 cm³/mol. The standard InChI is InChI=1S/C34H32N2O6S/c1-6-41-33(39)29-21(4)35-34-36(30(29)24-11-9-23(10-12-24)20(2)3)31(37)28(43-34)19-22-7-15-27(16-8-22)42-32(38)25-13-17-26(40-5)18-14-25/h7-20,30H,6H2,1-5H3/b28-19-/t30-/m1/s1. The summed E-state index contributed by atoms with van der Waals surface area (Å²) >= 11 is 1.26. The molecule has 0 bridgehead atoms. The fourth-order valence-electron chi connectivity index (χ4n) is 4.85. The van der Waals surface area contributed by atoms with E-state index in [4.69, 9.17) is 14.2 Å². The van der Waals surface area contributed by atoms with Gasteiger partial charge in [-0.15, -0.1) is 0 Å². The Morgan fingerprint density at radius 1 is 0.953 bits per heavy atom. The minimum Gasteiger partial charge on any atom is -0.497 e. The molecule has 0 saturated carbocycles. The highest BCUT2D eigenvalue weighted by Gasteiger charge is 2.33. The van der Waals surface area contributed by atoms with Crippen LogP contribution in [0.15, 0.2) is 93.9 Å². The molecule has 2 heterocycles. The molecule has 0 fully saturated rings. The summed E-state index contributed by atoms with van der Waals surface area (Å²) in [6, 6.07) is 20.8. The van der Waals surface area contributed by atoms with Crippen LogP contribution < -0.4 is 24.4 Å². The van der Waals surface area contributed by atoms with Crippen LogP contribution in [0.2, 0.25) is 0 Å². The molecule has 1 aliphatic heterocycles. The number of ether oxygens (including phenoxy) is 3. The summed E-state index contributed by atoms with van der Waals surface area (Å²) < 4.78 is 18.0. The number of methoxy groups -OCH3 is 1.